The number of amides is 2. The highest BCUT2D eigenvalue weighted by molar-refractivity contribution is 7.17. The van der Waals surface area contributed by atoms with Gasteiger partial charge in [0, 0.05) is 13.2 Å². The second-order valence-corrected chi connectivity index (χ2v) is 5.70. The Morgan fingerprint density at radius 3 is 3.21 bits per heavy atom. The van der Waals surface area contributed by atoms with Gasteiger partial charge in [-0.3, -0.25) is 9.59 Å². The van der Waals surface area contributed by atoms with Crippen molar-refractivity contribution in [2.24, 2.45) is 5.92 Å². The molecule has 2 amide bonds. The number of hydrogen-bond acceptors (Lipinski definition) is 5. The maximum Gasteiger partial charge on any atom is 0.263 e. The fourth-order valence-corrected chi connectivity index (χ4v) is 3.17. The second-order valence-electron chi connectivity index (χ2n) is 4.70. The minimum absolute atomic E-state index is 0.0678. The minimum atomic E-state index is -0.0995. The largest absolute Gasteiger partial charge is 0.381 e. The van der Waals surface area contributed by atoms with Crippen LogP contribution in [0, 0.1) is 5.92 Å². The van der Waals surface area contributed by atoms with E-state index in [2.05, 4.69) is 15.6 Å². The molecule has 0 bridgehead atoms. The van der Waals surface area contributed by atoms with Gasteiger partial charge < -0.3 is 15.4 Å². The SMILES string of the molecule is O=C1NCCCc2nc(NC(=O)C3CCOC3)sc21. The molecule has 1 saturated heterocycles. The molecular weight excluding hydrogens is 266 g/mol. The third-order valence-electron chi connectivity index (χ3n) is 3.31. The molecule has 1 aromatic rings. The number of fused-ring (bicyclic) bond motifs is 1. The first-order valence-electron chi connectivity index (χ1n) is 6.40. The van der Waals surface area contributed by atoms with Crippen LogP contribution in [-0.2, 0) is 16.0 Å². The molecule has 2 N–H and O–H groups in total. The summed E-state index contributed by atoms with van der Waals surface area (Å²) in [5, 5.41) is 6.12. The van der Waals surface area contributed by atoms with Crippen molar-refractivity contribution in [3.8, 4) is 0 Å². The van der Waals surface area contributed by atoms with Gasteiger partial charge in [0.2, 0.25) is 5.91 Å². The van der Waals surface area contributed by atoms with Gasteiger partial charge in [-0.15, -0.1) is 0 Å². The number of aromatic nitrogens is 1. The predicted octanol–water partition coefficient (Wildman–Crippen LogP) is 0.794. The Morgan fingerprint density at radius 1 is 1.53 bits per heavy atom. The van der Waals surface area contributed by atoms with Crippen LogP contribution in [0.4, 0.5) is 5.13 Å². The predicted molar refractivity (Wildman–Crippen MR) is 70.3 cm³/mol. The van der Waals surface area contributed by atoms with Crippen molar-refractivity contribution in [3.63, 3.8) is 0 Å². The van der Waals surface area contributed by atoms with Gasteiger partial charge in [0.05, 0.1) is 18.2 Å². The van der Waals surface area contributed by atoms with E-state index in [1.54, 1.807) is 0 Å². The topological polar surface area (TPSA) is 80.3 Å². The van der Waals surface area contributed by atoms with Gasteiger partial charge in [0.25, 0.3) is 5.91 Å². The third kappa shape index (κ3) is 2.62. The highest BCUT2D eigenvalue weighted by Gasteiger charge is 2.26. The van der Waals surface area contributed by atoms with Crippen LogP contribution in [-0.4, -0.2) is 36.6 Å². The van der Waals surface area contributed by atoms with Gasteiger partial charge in [-0.1, -0.05) is 11.3 Å². The van der Waals surface area contributed by atoms with E-state index in [4.69, 9.17) is 4.74 Å². The lowest BCUT2D eigenvalue weighted by Crippen LogP contribution is -2.23. The van der Waals surface area contributed by atoms with Crippen LogP contribution in [0.1, 0.15) is 28.2 Å². The van der Waals surface area contributed by atoms with Crippen molar-refractivity contribution in [2.45, 2.75) is 19.3 Å². The Bertz CT molecular complexity index is 508. The standard InChI is InChI=1S/C12H15N3O3S/c16-10(7-3-5-18-6-7)15-12-14-8-2-1-4-13-11(17)9(8)19-12/h7H,1-6H2,(H,13,17)(H,14,15,16). The van der Waals surface area contributed by atoms with Crippen molar-refractivity contribution in [3.05, 3.63) is 10.6 Å². The highest BCUT2D eigenvalue weighted by atomic mass is 32.1. The first-order chi connectivity index (χ1) is 9.24. The molecule has 2 aliphatic heterocycles. The molecule has 0 aromatic carbocycles. The highest BCUT2D eigenvalue weighted by Crippen LogP contribution is 2.26. The first kappa shape index (κ1) is 12.6. The molecule has 3 rings (SSSR count). The van der Waals surface area contributed by atoms with Crippen LogP contribution in [0.2, 0.25) is 0 Å². The lowest BCUT2D eigenvalue weighted by atomic mass is 10.1. The number of ether oxygens (including phenoxy) is 1. The summed E-state index contributed by atoms with van der Waals surface area (Å²) in [6.45, 7) is 1.79. The number of rotatable bonds is 2. The van der Waals surface area contributed by atoms with E-state index in [0.717, 1.165) is 25.0 Å². The van der Waals surface area contributed by atoms with E-state index in [1.165, 1.54) is 11.3 Å². The van der Waals surface area contributed by atoms with Gasteiger partial charge in [-0.2, -0.15) is 0 Å². The molecule has 0 spiro atoms. The minimum Gasteiger partial charge on any atom is -0.381 e. The summed E-state index contributed by atoms with van der Waals surface area (Å²) in [4.78, 5) is 28.7. The summed E-state index contributed by atoms with van der Waals surface area (Å²) in [5.41, 5.74) is 0.790. The second kappa shape index (κ2) is 5.26. The lowest BCUT2D eigenvalue weighted by molar-refractivity contribution is -0.119. The van der Waals surface area contributed by atoms with Crippen LogP contribution >= 0.6 is 11.3 Å². The molecule has 7 heteroatoms. The zero-order valence-corrected chi connectivity index (χ0v) is 11.2. The molecule has 102 valence electrons. The Balaban J connectivity index is 1.73. The van der Waals surface area contributed by atoms with Crippen LogP contribution in [0.15, 0.2) is 0 Å². The van der Waals surface area contributed by atoms with Crippen LogP contribution < -0.4 is 10.6 Å². The maximum absolute atomic E-state index is 12.0. The van der Waals surface area contributed by atoms with E-state index >= 15 is 0 Å². The average Bonchev–Trinajstić information content (AvgIpc) is 3.01. The number of carbonyl (C=O) groups is 2. The molecule has 1 fully saturated rings. The zero-order valence-electron chi connectivity index (χ0n) is 10.4. The normalized spacial score (nSPS) is 22.5. The summed E-state index contributed by atoms with van der Waals surface area (Å²) < 4.78 is 5.19. The van der Waals surface area contributed by atoms with E-state index < -0.39 is 0 Å². The van der Waals surface area contributed by atoms with E-state index in [-0.39, 0.29) is 17.7 Å². The number of nitrogens with one attached hydrogen (secondary N) is 2. The number of nitrogens with zero attached hydrogens (tertiary/aromatic N) is 1. The van der Waals surface area contributed by atoms with Crippen molar-refractivity contribution in [2.75, 3.05) is 25.1 Å². The molecule has 0 aliphatic carbocycles. The lowest BCUT2D eigenvalue weighted by Gasteiger charge is -2.06. The van der Waals surface area contributed by atoms with Gasteiger partial charge in [-0.25, -0.2) is 4.98 Å². The van der Waals surface area contributed by atoms with Crippen LogP contribution in [0.5, 0.6) is 0 Å². The van der Waals surface area contributed by atoms with Crippen molar-refractivity contribution in [1.82, 2.24) is 10.3 Å². The summed E-state index contributed by atoms with van der Waals surface area (Å²) in [7, 11) is 0. The summed E-state index contributed by atoms with van der Waals surface area (Å²) in [6, 6.07) is 0. The molecule has 6 nitrogen and oxygen atoms in total. The zero-order chi connectivity index (χ0) is 13.2. The third-order valence-corrected chi connectivity index (χ3v) is 4.32. The summed E-state index contributed by atoms with van der Waals surface area (Å²) in [6.07, 6.45) is 2.40. The Labute approximate surface area is 114 Å². The Kier molecular flexibility index (Phi) is 3.48. The molecule has 1 atom stereocenters. The van der Waals surface area contributed by atoms with Crippen LogP contribution in [0.25, 0.3) is 0 Å². The Morgan fingerprint density at radius 2 is 2.42 bits per heavy atom. The molecule has 3 heterocycles. The van der Waals surface area contributed by atoms with E-state index in [1.807, 2.05) is 0 Å². The summed E-state index contributed by atoms with van der Waals surface area (Å²) >= 11 is 1.25. The maximum atomic E-state index is 12.0. The molecular formula is C12H15N3O3S. The fourth-order valence-electron chi connectivity index (χ4n) is 2.24. The van der Waals surface area contributed by atoms with Crippen molar-refractivity contribution in [1.29, 1.82) is 0 Å². The summed E-state index contributed by atoms with van der Waals surface area (Å²) in [5.74, 6) is -0.256. The molecule has 0 radical (unpaired) electrons. The van der Waals surface area contributed by atoms with E-state index in [0.29, 0.717) is 29.8 Å². The molecule has 0 saturated carbocycles. The van der Waals surface area contributed by atoms with E-state index in [9.17, 15) is 9.59 Å². The van der Waals surface area contributed by atoms with Crippen molar-refractivity contribution < 1.29 is 14.3 Å². The number of anilines is 1. The molecule has 2 aliphatic rings. The average molecular weight is 281 g/mol. The molecule has 19 heavy (non-hydrogen) atoms. The fraction of sp³-hybridized carbons (Fsp3) is 0.583. The number of hydrogen-bond donors (Lipinski definition) is 2. The first-order valence-corrected chi connectivity index (χ1v) is 7.22. The number of aryl methyl sites for hydroxylation is 1. The molecule has 1 unspecified atom stereocenters. The smallest absolute Gasteiger partial charge is 0.263 e. The number of thiazole rings is 1. The monoisotopic (exact) mass is 281 g/mol. The van der Waals surface area contributed by atoms with Crippen LogP contribution in [0.3, 0.4) is 0 Å². The Hall–Kier alpha value is -1.47. The van der Waals surface area contributed by atoms with Gasteiger partial charge in [0.15, 0.2) is 5.13 Å². The molecule has 1 aromatic heterocycles. The quantitative estimate of drug-likeness (QED) is 0.840. The van der Waals surface area contributed by atoms with Gasteiger partial charge in [0.1, 0.15) is 4.88 Å². The number of carbonyl (C=O) groups excluding carboxylic acids is 2. The van der Waals surface area contributed by atoms with Crippen molar-refractivity contribution >= 4 is 28.3 Å². The van der Waals surface area contributed by atoms with Gasteiger partial charge >= 0.3 is 0 Å². The van der Waals surface area contributed by atoms with Gasteiger partial charge in [-0.05, 0) is 19.3 Å².